The average Bonchev–Trinajstić information content (AvgIpc) is 2.38. The highest BCUT2D eigenvalue weighted by Gasteiger charge is 2.04. The summed E-state index contributed by atoms with van der Waals surface area (Å²) in [4.78, 5) is 20.5. The SMILES string of the molecule is O=C(NOc1ccncc1)c1ccccc1. The van der Waals surface area contributed by atoms with Crippen LogP contribution in [-0.2, 0) is 0 Å². The second-order valence-corrected chi connectivity index (χ2v) is 3.08. The van der Waals surface area contributed by atoms with Gasteiger partial charge in [0.2, 0.25) is 0 Å². The van der Waals surface area contributed by atoms with E-state index in [1.54, 1.807) is 48.8 Å². The second-order valence-electron chi connectivity index (χ2n) is 3.08. The molecule has 1 heterocycles. The van der Waals surface area contributed by atoms with Gasteiger partial charge in [-0.15, -0.1) is 0 Å². The fraction of sp³-hybridized carbons (Fsp3) is 0. The first-order valence-corrected chi connectivity index (χ1v) is 4.78. The third-order valence-electron chi connectivity index (χ3n) is 1.95. The van der Waals surface area contributed by atoms with E-state index < -0.39 is 0 Å². The quantitative estimate of drug-likeness (QED) is 0.793. The van der Waals surface area contributed by atoms with Crippen LogP contribution in [0.25, 0.3) is 0 Å². The molecule has 0 fully saturated rings. The van der Waals surface area contributed by atoms with E-state index in [1.165, 1.54) is 0 Å². The number of benzene rings is 1. The van der Waals surface area contributed by atoms with E-state index in [0.717, 1.165) is 0 Å². The van der Waals surface area contributed by atoms with Gasteiger partial charge in [0.1, 0.15) is 0 Å². The zero-order valence-electron chi connectivity index (χ0n) is 8.46. The topological polar surface area (TPSA) is 51.2 Å². The number of nitrogens with one attached hydrogen (secondary N) is 1. The highest BCUT2D eigenvalue weighted by atomic mass is 16.7. The largest absolute Gasteiger partial charge is 0.379 e. The molecule has 0 radical (unpaired) electrons. The second kappa shape index (κ2) is 4.93. The number of carbonyl (C=O) groups excluding carboxylic acids is 1. The van der Waals surface area contributed by atoms with Crippen molar-refractivity contribution in [3.63, 3.8) is 0 Å². The van der Waals surface area contributed by atoms with Crippen LogP contribution in [0.15, 0.2) is 54.9 Å². The summed E-state index contributed by atoms with van der Waals surface area (Å²) in [7, 11) is 0. The molecule has 1 amide bonds. The molecular weight excluding hydrogens is 204 g/mol. The van der Waals surface area contributed by atoms with Crippen LogP contribution in [0, 0.1) is 0 Å². The van der Waals surface area contributed by atoms with Gasteiger partial charge in [-0.25, -0.2) is 0 Å². The lowest BCUT2D eigenvalue weighted by atomic mass is 10.2. The molecular formula is C12H10N2O2. The molecule has 0 saturated carbocycles. The minimum atomic E-state index is -0.280. The molecule has 0 aliphatic rings. The summed E-state index contributed by atoms with van der Waals surface area (Å²) in [6, 6.07) is 12.2. The zero-order chi connectivity index (χ0) is 11.2. The Morgan fingerprint density at radius 1 is 1.06 bits per heavy atom. The Labute approximate surface area is 92.9 Å². The maximum absolute atomic E-state index is 11.6. The van der Waals surface area contributed by atoms with Gasteiger partial charge in [0.05, 0.1) is 0 Å². The van der Waals surface area contributed by atoms with E-state index in [4.69, 9.17) is 4.84 Å². The van der Waals surface area contributed by atoms with Crippen LogP contribution >= 0.6 is 0 Å². The normalized spacial score (nSPS) is 9.50. The summed E-state index contributed by atoms with van der Waals surface area (Å²) in [6.45, 7) is 0. The predicted octanol–water partition coefficient (Wildman–Crippen LogP) is 1.81. The lowest BCUT2D eigenvalue weighted by Gasteiger charge is -2.05. The first-order chi connectivity index (χ1) is 7.86. The van der Waals surface area contributed by atoms with Crippen molar-refractivity contribution in [1.29, 1.82) is 0 Å². The molecule has 0 aliphatic carbocycles. The Balaban J connectivity index is 1.95. The number of pyridine rings is 1. The fourth-order valence-electron chi connectivity index (χ4n) is 1.16. The number of hydrogen-bond donors (Lipinski definition) is 1. The van der Waals surface area contributed by atoms with Gasteiger partial charge in [0.25, 0.3) is 5.91 Å². The van der Waals surface area contributed by atoms with E-state index in [1.807, 2.05) is 6.07 Å². The summed E-state index contributed by atoms with van der Waals surface area (Å²) in [5.74, 6) is 0.261. The van der Waals surface area contributed by atoms with Gasteiger partial charge >= 0.3 is 0 Å². The van der Waals surface area contributed by atoms with Crippen LogP contribution in [0.5, 0.6) is 5.75 Å². The van der Waals surface area contributed by atoms with Crippen LogP contribution < -0.4 is 10.3 Å². The summed E-state index contributed by atoms with van der Waals surface area (Å²) >= 11 is 0. The van der Waals surface area contributed by atoms with Crippen LogP contribution in [0.3, 0.4) is 0 Å². The third kappa shape index (κ3) is 2.57. The number of aromatic nitrogens is 1. The number of nitrogens with zero attached hydrogens (tertiary/aromatic N) is 1. The van der Waals surface area contributed by atoms with Crippen molar-refractivity contribution < 1.29 is 9.63 Å². The van der Waals surface area contributed by atoms with Crippen molar-refractivity contribution in [2.75, 3.05) is 0 Å². The van der Waals surface area contributed by atoms with Crippen LogP contribution in [0.1, 0.15) is 10.4 Å². The summed E-state index contributed by atoms with van der Waals surface area (Å²) < 4.78 is 0. The van der Waals surface area contributed by atoms with Gasteiger partial charge in [-0.1, -0.05) is 18.2 Å². The monoisotopic (exact) mass is 214 g/mol. The van der Waals surface area contributed by atoms with E-state index in [-0.39, 0.29) is 5.91 Å². The molecule has 2 aromatic rings. The van der Waals surface area contributed by atoms with Crippen molar-refractivity contribution in [1.82, 2.24) is 10.5 Å². The number of amides is 1. The van der Waals surface area contributed by atoms with E-state index in [2.05, 4.69) is 10.5 Å². The van der Waals surface area contributed by atoms with Gasteiger partial charge in [0.15, 0.2) is 5.75 Å². The van der Waals surface area contributed by atoms with Crippen molar-refractivity contribution in [2.24, 2.45) is 0 Å². The molecule has 4 heteroatoms. The lowest BCUT2D eigenvalue weighted by Crippen LogP contribution is -2.26. The fourth-order valence-corrected chi connectivity index (χ4v) is 1.16. The molecule has 80 valence electrons. The van der Waals surface area contributed by atoms with Crippen molar-refractivity contribution in [3.8, 4) is 5.75 Å². The van der Waals surface area contributed by atoms with Crippen LogP contribution in [0.2, 0.25) is 0 Å². The van der Waals surface area contributed by atoms with Gasteiger partial charge in [-0.3, -0.25) is 9.78 Å². The van der Waals surface area contributed by atoms with E-state index in [9.17, 15) is 4.79 Å². The minimum Gasteiger partial charge on any atom is -0.379 e. The molecule has 0 atom stereocenters. The highest BCUT2D eigenvalue weighted by Crippen LogP contribution is 2.05. The molecule has 0 spiro atoms. The van der Waals surface area contributed by atoms with E-state index in [0.29, 0.717) is 11.3 Å². The van der Waals surface area contributed by atoms with Crippen LogP contribution in [-0.4, -0.2) is 10.9 Å². The van der Waals surface area contributed by atoms with Gasteiger partial charge < -0.3 is 4.84 Å². The smallest absolute Gasteiger partial charge is 0.283 e. The Hall–Kier alpha value is -2.36. The Kier molecular flexibility index (Phi) is 3.13. The predicted molar refractivity (Wildman–Crippen MR) is 58.8 cm³/mol. The van der Waals surface area contributed by atoms with Crippen LogP contribution in [0.4, 0.5) is 0 Å². The summed E-state index contributed by atoms with van der Waals surface area (Å²) in [5, 5.41) is 0. The molecule has 4 nitrogen and oxygen atoms in total. The first-order valence-electron chi connectivity index (χ1n) is 4.78. The number of carbonyl (C=O) groups is 1. The Morgan fingerprint density at radius 3 is 2.44 bits per heavy atom. The molecule has 1 aromatic heterocycles. The van der Waals surface area contributed by atoms with Gasteiger partial charge in [-0.05, 0) is 12.1 Å². The number of rotatable bonds is 3. The lowest BCUT2D eigenvalue weighted by molar-refractivity contribution is 0.0760. The third-order valence-corrected chi connectivity index (χ3v) is 1.95. The minimum absolute atomic E-state index is 0.280. The molecule has 0 aliphatic heterocycles. The highest BCUT2D eigenvalue weighted by molar-refractivity contribution is 5.93. The van der Waals surface area contributed by atoms with Gasteiger partial charge in [-0.2, -0.15) is 5.48 Å². The van der Waals surface area contributed by atoms with Crippen molar-refractivity contribution >= 4 is 5.91 Å². The van der Waals surface area contributed by atoms with E-state index >= 15 is 0 Å². The molecule has 1 aromatic carbocycles. The Morgan fingerprint density at radius 2 is 1.75 bits per heavy atom. The average molecular weight is 214 g/mol. The molecule has 0 unspecified atom stereocenters. The molecule has 0 bridgehead atoms. The van der Waals surface area contributed by atoms with Gasteiger partial charge in [0, 0.05) is 30.1 Å². The number of hydrogen-bond acceptors (Lipinski definition) is 3. The number of hydroxylamine groups is 1. The molecule has 16 heavy (non-hydrogen) atoms. The molecule has 1 N–H and O–H groups in total. The molecule has 2 rings (SSSR count). The summed E-state index contributed by atoms with van der Waals surface area (Å²) in [6.07, 6.45) is 3.17. The standard InChI is InChI=1S/C12H10N2O2/c15-12(10-4-2-1-3-5-10)14-16-11-6-8-13-9-7-11/h1-9H,(H,14,15). The zero-order valence-corrected chi connectivity index (χ0v) is 8.46. The summed E-state index contributed by atoms with van der Waals surface area (Å²) in [5.41, 5.74) is 2.90. The first kappa shape index (κ1) is 10.2. The maximum atomic E-state index is 11.6. The Bertz CT molecular complexity index is 457. The van der Waals surface area contributed by atoms with Crippen molar-refractivity contribution in [3.05, 3.63) is 60.4 Å². The molecule has 0 saturated heterocycles. The van der Waals surface area contributed by atoms with Crippen molar-refractivity contribution in [2.45, 2.75) is 0 Å². The maximum Gasteiger partial charge on any atom is 0.283 e.